The first kappa shape index (κ1) is 20.4. The third-order valence-corrected chi connectivity index (χ3v) is 4.56. The van der Waals surface area contributed by atoms with Crippen LogP contribution in [0.3, 0.4) is 0 Å². The molecule has 27 heavy (non-hydrogen) atoms. The molecule has 1 aliphatic rings. The Morgan fingerprint density at radius 2 is 1.41 bits per heavy atom. The fourth-order valence-electron chi connectivity index (χ4n) is 2.88. The van der Waals surface area contributed by atoms with Crippen LogP contribution in [0.25, 0.3) is 0 Å². The number of anilines is 2. The van der Waals surface area contributed by atoms with Gasteiger partial charge in [0.25, 0.3) is 0 Å². The molecule has 1 saturated heterocycles. The molecule has 0 atom stereocenters. The maximum atomic E-state index is 12.8. The molecule has 1 fully saturated rings. The monoisotopic (exact) mass is 374 g/mol. The van der Waals surface area contributed by atoms with Crippen LogP contribution in [0.15, 0.2) is 24.3 Å². The SMILES string of the molecule is CC(=O)Nc1cccc(NC(=O)C(C)(C)C(=O)N2CCN(C(C)=O)CC2)c1. The number of nitrogens with zero attached hydrogens (tertiary/aromatic N) is 2. The van der Waals surface area contributed by atoms with Gasteiger partial charge in [0.2, 0.25) is 23.6 Å². The minimum Gasteiger partial charge on any atom is -0.339 e. The summed E-state index contributed by atoms with van der Waals surface area (Å²) in [6.07, 6.45) is 0. The molecule has 4 amide bonds. The quantitative estimate of drug-likeness (QED) is 0.776. The molecule has 2 rings (SSSR count). The van der Waals surface area contributed by atoms with Crippen LogP contribution in [0.5, 0.6) is 0 Å². The van der Waals surface area contributed by atoms with Crippen molar-refractivity contribution in [3.8, 4) is 0 Å². The van der Waals surface area contributed by atoms with E-state index in [1.165, 1.54) is 13.8 Å². The number of hydrogen-bond acceptors (Lipinski definition) is 4. The summed E-state index contributed by atoms with van der Waals surface area (Å²) in [4.78, 5) is 51.4. The van der Waals surface area contributed by atoms with Crippen LogP contribution in [-0.2, 0) is 19.2 Å². The number of amides is 4. The van der Waals surface area contributed by atoms with Gasteiger partial charge in [0.05, 0.1) is 0 Å². The van der Waals surface area contributed by atoms with Gasteiger partial charge in [-0.1, -0.05) is 6.07 Å². The zero-order valence-electron chi connectivity index (χ0n) is 16.2. The van der Waals surface area contributed by atoms with Gasteiger partial charge < -0.3 is 20.4 Å². The highest BCUT2D eigenvalue weighted by Crippen LogP contribution is 2.24. The number of nitrogens with one attached hydrogen (secondary N) is 2. The van der Waals surface area contributed by atoms with Crippen LogP contribution in [0, 0.1) is 5.41 Å². The zero-order chi connectivity index (χ0) is 20.2. The minimum atomic E-state index is -1.26. The normalized spacial score (nSPS) is 14.5. The van der Waals surface area contributed by atoms with Crippen molar-refractivity contribution in [3.05, 3.63) is 24.3 Å². The molecule has 8 heteroatoms. The molecule has 2 N–H and O–H groups in total. The van der Waals surface area contributed by atoms with Gasteiger partial charge >= 0.3 is 0 Å². The second kappa shape index (κ2) is 8.20. The molecule has 0 aliphatic carbocycles. The van der Waals surface area contributed by atoms with E-state index in [-0.39, 0.29) is 17.7 Å². The van der Waals surface area contributed by atoms with E-state index in [0.717, 1.165) is 0 Å². The molecule has 8 nitrogen and oxygen atoms in total. The molecular formula is C19H26N4O4. The Morgan fingerprint density at radius 1 is 0.889 bits per heavy atom. The van der Waals surface area contributed by atoms with Gasteiger partial charge in [0.15, 0.2) is 0 Å². The van der Waals surface area contributed by atoms with Gasteiger partial charge in [0, 0.05) is 51.4 Å². The summed E-state index contributed by atoms with van der Waals surface area (Å²) in [5, 5.41) is 5.39. The van der Waals surface area contributed by atoms with Crippen molar-refractivity contribution in [1.82, 2.24) is 9.80 Å². The Balaban J connectivity index is 2.03. The first-order valence-corrected chi connectivity index (χ1v) is 8.85. The van der Waals surface area contributed by atoms with Gasteiger partial charge in [-0.05, 0) is 32.0 Å². The molecule has 146 valence electrons. The lowest BCUT2D eigenvalue weighted by molar-refractivity contribution is -0.149. The van der Waals surface area contributed by atoms with E-state index >= 15 is 0 Å². The standard InChI is InChI=1S/C19H26N4O4/c1-13(24)20-15-6-5-7-16(12-15)21-17(26)19(3,4)18(27)23-10-8-22(9-11-23)14(2)25/h5-7,12H,8-11H2,1-4H3,(H,20,24)(H,21,26). The van der Waals surface area contributed by atoms with E-state index in [4.69, 9.17) is 0 Å². The lowest BCUT2D eigenvalue weighted by Gasteiger charge is -2.37. The molecule has 1 aromatic rings. The molecule has 1 aromatic carbocycles. The predicted octanol–water partition coefficient (Wildman–Crippen LogP) is 1.30. The van der Waals surface area contributed by atoms with E-state index in [1.807, 2.05) is 0 Å². The highest BCUT2D eigenvalue weighted by Gasteiger charge is 2.40. The van der Waals surface area contributed by atoms with Crippen molar-refractivity contribution in [2.24, 2.45) is 5.41 Å². The Bertz CT molecular complexity index is 752. The van der Waals surface area contributed by atoms with E-state index in [9.17, 15) is 19.2 Å². The van der Waals surface area contributed by atoms with E-state index < -0.39 is 11.3 Å². The molecule has 0 aromatic heterocycles. The number of benzene rings is 1. The lowest BCUT2D eigenvalue weighted by Crippen LogP contribution is -2.55. The number of piperazine rings is 1. The molecule has 0 saturated carbocycles. The third kappa shape index (κ3) is 5.06. The summed E-state index contributed by atoms with van der Waals surface area (Å²) in [6, 6.07) is 6.74. The lowest BCUT2D eigenvalue weighted by atomic mass is 9.89. The maximum Gasteiger partial charge on any atom is 0.239 e. The molecule has 0 bridgehead atoms. The summed E-state index contributed by atoms with van der Waals surface area (Å²) in [5.74, 6) is -0.931. The highest BCUT2D eigenvalue weighted by atomic mass is 16.2. The van der Waals surface area contributed by atoms with Crippen molar-refractivity contribution in [2.45, 2.75) is 27.7 Å². The topological polar surface area (TPSA) is 98.8 Å². The maximum absolute atomic E-state index is 12.8. The van der Waals surface area contributed by atoms with Gasteiger partial charge in [-0.25, -0.2) is 0 Å². The largest absolute Gasteiger partial charge is 0.339 e. The molecule has 0 radical (unpaired) electrons. The zero-order valence-corrected chi connectivity index (χ0v) is 16.2. The second-order valence-electron chi connectivity index (χ2n) is 7.14. The summed E-state index contributed by atoms with van der Waals surface area (Å²) < 4.78 is 0. The van der Waals surface area contributed by atoms with Crippen LogP contribution in [0.1, 0.15) is 27.7 Å². The average molecular weight is 374 g/mol. The Hall–Kier alpha value is -2.90. The summed E-state index contributed by atoms with van der Waals surface area (Å²) in [7, 11) is 0. The number of hydrogen-bond donors (Lipinski definition) is 2. The third-order valence-electron chi connectivity index (χ3n) is 4.56. The highest BCUT2D eigenvalue weighted by molar-refractivity contribution is 6.10. The molecular weight excluding hydrogens is 348 g/mol. The van der Waals surface area contributed by atoms with E-state index in [0.29, 0.717) is 37.6 Å². The first-order chi connectivity index (χ1) is 12.6. The Labute approximate surface area is 158 Å². The van der Waals surface area contributed by atoms with Crippen molar-refractivity contribution in [1.29, 1.82) is 0 Å². The van der Waals surface area contributed by atoms with Crippen LogP contribution >= 0.6 is 0 Å². The van der Waals surface area contributed by atoms with Crippen LogP contribution < -0.4 is 10.6 Å². The average Bonchev–Trinajstić information content (AvgIpc) is 2.60. The minimum absolute atomic E-state index is 0.0156. The molecule has 1 aliphatic heterocycles. The van der Waals surface area contributed by atoms with Crippen LogP contribution in [-0.4, -0.2) is 59.6 Å². The first-order valence-electron chi connectivity index (χ1n) is 8.85. The number of carbonyl (C=O) groups is 4. The number of rotatable bonds is 4. The van der Waals surface area contributed by atoms with Gasteiger partial charge in [-0.15, -0.1) is 0 Å². The summed E-state index contributed by atoms with van der Waals surface area (Å²) in [6.45, 7) is 7.83. The smallest absolute Gasteiger partial charge is 0.239 e. The fourth-order valence-corrected chi connectivity index (χ4v) is 2.88. The van der Waals surface area contributed by atoms with Crippen molar-refractivity contribution >= 4 is 35.0 Å². The van der Waals surface area contributed by atoms with Crippen LogP contribution in [0.2, 0.25) is 0 Å². The predicted molar refractivity (Wildman–Crippen MR) is 102 cm³/mol. The number of carbonyl (C=O) groups excluding carboxylic acids is 4. The van der Waals surface area contributed by atoms with Gasteiger partial charge in [0.1, 0.15) is 5.41 Å². The summed E-state index contributed by atoms with van der Waals surface area (Å²) in [5.41, 5.74) is -0.208. The van der Waals surface area contributed by atoms with E-state index in [2.05, 4.69) is 10.6 Å². The molecule has 1 heterocycles. The second-order valence-corrected chi connectivity index (χ2v) is 7.14. The van der Waals surface area contributed by atoms with Crippen molar-refractivity contribution in [3.63, 3.8) is 0 Å². The van der Waals surface area contributed by atoms with Gasteiger partial charge in [-0.2, -0.15) is 0 Å². The van der Waals surface area contributed by atoms with Gasteiger partial charge in [-0.3, -0.25) is 19.2 Å². The van der Waals surface area contributed by atoms with E-state index in [1.54, 1.807) is 47.9 Å². The van der Waals surface area contributed by atoms with Crippen molar-refractivity contribution in [2.75, 3.05) is 36.8 Å². The Kier molecular flexibility index (Phi) is 6.20. The fraction of sp³-hybridized carbons (Fsp3) is 0.474. The molecule has 0 unspecified atom stereocenters. The Morgan fingerprint density at radius 3 is 1.93 bits per heavy atom. The summed E-state index contributed by atoms with van der Waals surface area (Å²) >= 11 is 0. The molecule has 0 spiro atoms. The van der Waals surface area contributed by atoms with Crippen LogP contribution in [0.4, 0.5) is 11.4 Å². The van der Waals surface area contributed by atoms with Crippen molar-refractivity contribution < 1.29 is 19.2 Å².